The van der Waals surface area contributed by atoms with E-state index in [2.05, 4.69) is 6.58 Å². The molecule has 4 aromatic rings. The molecule has 0 spiro atoms. The second kappa shape index (κ2) is 5.11. The zero-order valence-corrected chi connectivity index (χ0v) is 13.7. The van der Waals surface area contributed by atoms with E-state index < -0.39 is 5.60 Å². The number of aryl methyl sites for hydroxylation is 2. The maximum Gasteiger partial charge on any atom is 0.134 e. The molecular weight excluding hydrogens is 300 g/mol. The SMILES string of the molecule is C=CC(O)(c1ccc2oc(C)cc2c1)c1ccc2oc(C)cc2c1. The normalized spacial score (nSPS) is 12.1. The van der Waals surface area contributed by atoms with Gasteiger partial charge in [0, 0.05) is 10.8 Å². The van der Waals surface area contributed by atoms with Crippen molar-refractivity contribution in [2.24, 2.45) is 0 Å². The topological polar surface area (TPSA) is 46.5 Å². The Morgan fingerprint density at radius 1 is 0.833 bits per heavy atom. The predicted octanol–water partition coefficient (Wildman–Crippen LogP) is 5.22. The van der Waals surface area contributed by atoms with E-state index in [9.17, 15) is 5.11 Å². The quantitative estimate of drug-likeness (QED) is 0.527. The number of aliphatic hydroxyl groups is 1. The summed E-state index contributed by atoms with van der Waals surface area (Å²) in [7, 11) is 0. The lowest BCUT2D eigenvalue weighted by Gasteiger charge is -2.25. The van der Waals surface area contributed by atoms with Gasteiger partial charge < -0.3 is 13.9 Å². The third kappa shape index (κ3) is 2.17. The van der Waals surface area contributed by atoms with Gasteiger partial charge in [0.25, 0.3) is 0 Å². The Kier molecular flexibility index (Phi) is 3.15. The fourth-order valence-corrected chi connectivity index (χ4v) is 3.23. The van der Waals surface area contributed by atoms with E-state index in [0.717, 1.165) is 44.6 Å². The number of benzene rings is 2. The van der Waals surface area contributed by atoms with E-state index in [1.165, 1.54) is 0 Å². The third-order valence-electron chi connectivity index (χ3n) is 4.45. The Bertz CT molecular complexity index is 985. The van der Waals surface area contributed by atoms with Crippen LogP contribution in [0.25, 0.3) is 21.9 Å². The molecule has 0 fully saturated rings. The van der Waals surface area contributed by atoms with Crippen LogP contribution >= 0.6 is 0 Å². The molecule has 4 rings (SSSR count). The lowest BCUT2D eigenvalue weighted by molar-refractivity contribution is 0.135. The molecular formula is C21H18O3. The van der Waals surface area contributed by atoms with Gasteiger partial charge in [-0.3, -0.25) is 0 Å². The van der Waals surface area contributed by atoms with Crippen molar-refractivity contribution in [3.8, 4) is 0 Å². The van der Waals surface area contributed by atoms with Gasteiger partial charge in [0.05, 0.1) is 0 Å². The van der Waals surface area contributed by atoms with Gasteiger partial charge in [-0.15, -0.1) is 0 Å². The van der Waals surface area contributed by atoms with E-state index in [4.69, 9.17) is 8.83 Å². The van der Waals surface area contributed by atoms with Gasteiger partial charge in [-0.25, -0.2) is 0 Å². The van der Waals surface area contributed by atoms with Crippen LogP contribution in [-0.4, -0.2) is 5.11 Å². The summed E-state index contributed by atoms with van der Waals surface area (Å²) >= 11 is 0. The standard InChI is InChI=1S/C21H18O3/c1-4-21(22,17-5-7-19-15(11-17)9-13(2)23-19)18-6-8-20-16(12-18)10-14(3)24-20/h4-12,22H,1H2,2-3H3. The first-order valence-electron chi connectivity index (χ1n) is 7.87. The molecule has 0 atom stereocenters. The Hall–Kier alpha value is -2.78. The first-order chi connectivity index (χ1) is 11.5. The van der Waals surface area contributed by atoms with Crippen LogP contribution in [0.3, 0.4) is 0 Å². The molecule has 0 aliphatic rings. The molecule has 0 bridgehead atoms. The van der Waals surface area contributed by atoms with Crippen molar-refractivity contribution in [1.82, 2.24) is 0 Å². The molecule has 3 nitrogen and oxygen atoms in total. The van der Waals surface area contributed by atoms with Crippen LogP contribution in [-0.2, 0) is 5.60 Å². The first-order valence-corrected chi connectivity index (χ1v) is 7.87. The molecule has 2 heterocycles. The zero-order chi connectivity index (χ0) is 16.9. The number of furan rings is 2. The summed E-state index contributed by atoms with van der Waals surface area (Å²) in [6, 6.07) is 15.3. The number of fused-ring (bicyclic) bond motifs is 2. The van der Waals surface area contributed by atoms with Crippen LogP contribution in [0.2, 0.25) is 0 Å². The van der Waals surface area contributed by atoms with Crippen molar-refractivity contribution >= 4 is 21.9 Å². The highest BCUT2D eigenvalue weighted by molar-refractivity contribution is 5.81. The van der Waals surface area contributed by atoms with E-state index >= 15 is 0 Å². The molecule has 0 unspecified atom stereocenters. The third-order valence-corrected chi connectivity index (χ3v) is 4.45. The minimum atomic E-state index is -1.28. The molecule has 2 aromatic heterocycles. The molecule has 120 valence electrons. The number of hydrogen-bond acceptors (Lipinski definition) is 3. The molecule has 0 aliphatic heterocycles. The average Bonchev–Trinajstić information content (AvgIpc) is 3.12. The van der Waals surface area contributed by atoms with Crippen LogP contribution in [0.1, 0.15) is 22.6 Å². The highest BCUT2D eigenvalue weighted by atomic mass is 16.3. The summed E-state index contributed by atoms with van der Waals surface area (Å²) in [6.07, 6.45) is 1.56. The minimum Gasteiger partial charge on any atom is -0.461 e. The summed E-state index contributed by atoms with van der Waals surface area (Å²) in [5, 5.41) is 13.2. The van der Waals surface area contributed by atoms with E-state index in [1.807, 2.05) is 62.4 Å². The molecule has 2 aromatic carbocycles. The van der Waals surface area contributed by atoms with Crippen LogP contribution in [0, 0.1) is 13.8 Å². The highest BCUT2D eigenvalue weighted by Crippen LogP contribution is 2.35. The second-order valence-corrected chi connectivity index (χ2v) is 6.19. The largest absolute Gasteiger partial charge is 0.461 e. The zero-order valence-electron chi connectivity index (χ0n) is 13.7. The lowest BCUT2D eigenvalue weighted by Crippen LogP contribution is -2.24. The summed E-state index contributed by atoms with van der Waals surface area (Å²) in [5.74, 6) is 1.69. The summed E-state index contributed by atoms with van der Waals surface area (Å²) in [6.45, 7) is 7.68. The molecule has 0 aliphatic carbocycles. The van der Waals surface area contributed by atoms with Crippen molar-refractivity contribution in [3.63, 3.8) is 0 Å². The fraction of sp³-hybridized carbons (Fsp3) is 0.143. The lowest BCUT2D eigenvalue weighted by atomic mass is 9.85. The molecule has 0 saturated carbocycles. The molecule has 1 N–H and O–H groups in total. The predicted molar refractivity (Wildman–Crippen MR) is 95.1 cm³/mol. The van der Waals surface area contributed by atoms with Crippen molar-refractivity contribution in [1.29, 1.82) is 0 Å². The molecule has 24 heavy (non-hydrogen) atoms. The second-order valence-electron chi connectivity index (χ2n) is 6.19. The van der Waals surface area contributed by atoms with Crippen molar-refractivity contribution in [2.75, 3.05) is 0 Å². The van der Waals surface area contributed by atoms with Gasteiger partial charge in [-0.05, 0) is 61.4 Å². The number of rotatable bonds is 3. The molecule has 0 saturated heterocycles. The Morgan fingerprint density at radius 2 is 1.29 bits per heavy atom. The maximum absolute atomic E-state index is 11.3. The highest BCUT2D eigenvalue weighted by Gasteiger charge is 2.29. The average molecular weight is 318 g/mol. The van der Waals surface area contributed by atoms with Crippen molar-refractivity contribution < 1.29 is 13.9 Å². The van der Waals surface area contributed by atoms with Crippen LogP contribution in [0.15, 0.2) is 70.0 Å². The molecule has 0 radical (unpaired) electrons. The van der Waals surface area contributed by atoms with E-state index in [1.54, 1.807) is 6.08 Å². The van der Waals surface area contributed by atoms with Gasteiger partial charge in [-0.1, -0.05) is 24.8 Å². The fourth-order valence-electron chi connectivity index (χ4n) is 3.23. The Morgan fingerprint density at radius 3 is 1.71 bits per heavy atom. The Labute approximate surface area is 139 Å². The minimum absolute atomic E-state index is 0.755. The summed E-state index contributed by atoms with van der Waals surface area (Å²) in [5.41, 5.74) is 1.85. The Balaban J connectivity index is 1.89. The van der Waals surface area contributed by atoms with Gasteiger partial charge >= 0.3 is 0 Å². The van der Waals surface area contributed by atoms with E-state index in [0.29, 0.717) is 0 Å². The molecule has 3 heteroatoms. The maximum atomic E-state index is 11.3. The van der Waals surface area contributed by atoms with Gasteiger partial charge in [0.2, 0.25) is 0 Å². The van der Waals surface area contributed by atoms with Gasteiger partial charge in [0.15, 0.2) is 0 Å². The van der Waals surface area contributed by atoms with Crippen LogP contribution in [0.4, 0.5) is 0 Å². The number of hydrogen-bond donors (Lipinski definition) is 1. The van der Waals surface area contributed by atoms with Crippen molar-refractivity contribution in [3.05, 3.63) is 83.8 Å². The van der Waals surface area contributed by atoms with Crippen molar-refractivity contribution in [2.45, 2.75) is 19.4 Å². The van der Waals surface area contributed by atoms with Gasteiger partial charge in [-0.2, -0.15) is 0 Å². The summed E-state index contributed by atoms with van der Waals surface area (Å²) in [4.78, 5) is 0. The smallest absolute Gasteiger partial charge is 0.134 e. The van der Waals surface area contributed by atoms with Crippen LogP contribution < -0.4 is 0 Å². The molecule has 0 amide bonds. The van der Waals surface area contributed by atoms with Crippen LogP contribution in [0.5, 0.6) is 0 Å². The van der Waals surface area contributed by atoms with E-state index in [-0.39, 0.29) is 0 Å². The first kappa shape index (κ1) is 14.8. The van der Waals surface area contributed by atoms with Gasteiger partial charge in [0.1, 0.15) is 28.3 Å². The summed E-state index contributed by atoms with van der Waals surface area (Å²) < 4.78 is 11.2. The monoisotopic (exact) mass is 318 g/mol.